The molecule has 8 nitrogen and oxygen atoms in total. The molecule has 0 aliphatic carbocycles. The van der Waals surface area contributed by atoms with Gasteiger partial charge in [-0.2, -0.15) is 0 Å². The molecule has 1 aromatic rings. The summed E-state index contributed by atoms with van der Waals surface area (Å²) in [6.07, 6.45) is 2.81. The Hall–Kier alpha value is -1.44. The van der Waals surface area contributed by atoms with Gasteiger partial charge in [0.15, 0.2) is 0 Å². The molecule has 128 valence electrons. The van der Waals surface area contributed by atoms with E-state index in [1.807, 2.05) is 0 Å². The number of sulfonamides is 1. The van der Waals surface area contributed by atoms with Gasteiger partial charge in [-0.15, -0.1) is 0 Å². The number of primary sulfonamides is 1. The second kappa shape index (κ2) is 6.59. The quantitative estimate of drug-likeness (QED) is 0.468. The lowest BCUT2D eigenvalue weighted by atomic mass is 10.0. The zero-order valence-corrected chi connectivity index (χ0v) is 14.5. The van der Waals surface area contributed by atoms with Gasteiger partial charge in [0, 0.05) is 24.9 Å². The normalized spacial score (nSPS) is 25.0. The number of nitrogens with two attached hydrogens (primary N) is 1. The highest BCUT2D eigenvalue weighted by Gasteiger charge is 2.28. The smallest absolute Gasteiger partial charge is 0.293 e. The number of anilines is 1. The van der Waals surface area contributed by atoms with Crippen molar-refractivity contribution in [2.45, 2.75) is 17.7 Å². The molecule has 1 fully saturated rings. The van der Waals surface area contributed by atoms with Crippen LogP contribution in [0.2, 0.25) is 0 Å². The molecular weight excluding hydrogens is 341 g/mol. The molecule has 0 unspecified atom stereocenters. The van der Waals surface area contributed by atoms with E-state index < -0.39 is 22.1 Å². The molecule has 1 saturated heterocycles. The number of nitro benzene ring substituents is 1. The fourth-order valence-electron chi connectivity index (χ4n) is 2.70. The van der Waals surface area contributed by atoms with E-state index in [4.69, 9.17) is 5.14 Å². The molecule has 0 atom stereocenters. The summed E-state index contributed by atoms with van der Waals surface area (Å²) in [7, 11) is -6.11. The molecule has 10 heteroatoms. The maximum absolute atomic E-state index is 12.0. The molecule has 1 aliphatic heterocycles. The van der Waals surface area contributed by atoms with Crippen LogP contribution in [0.15, 0.2) is 23.1 Å². The lowest BCUT2D eigenvalue weighted by Crippen LogP contribution is -2.23. The third-order valence-electron chi connectivity index (χ3n) is 4.10. The van der Waals surface area contributed by atoms with E-state index in [-0.39, 0.29) is 22.2 Å². The number of nitrogens with zero attached hydrogens (tertiary/aromatic N) is 1. The van der Waals surface area contributed by atoms with Gasteiger partial charge >= 0.3 is 0 Å². The molecule has 3 N–H and O–H groups in total. The topological polar surface area (TPSA) is 132 Å². The van der Waals surface area contributed by atoms with Crippen LogP contribution in [0, 0.1) is 16.0 Å². The Morgan fingerprint density at radius 3 is 2.52 bits per heavy atom. The third-order valence-corrected chi connectivity index (χ3v) is 7.46. The van der Waals surface area contributed by atoms with Crippen LogP contribution in [0.5, 0.6) is 0 Å². The van der Waals surface area contributed by atoms with Gasteiger partial charge in [0.1, 0.15) is 10.6 Å². The first-order valence-corrected chi connectivity index (χ1v) is 11.3. The second-order valence-electron chi connectivity index (χ2n) is 6.02. The average molecular weight is 361 g/mol. The first kappa shape index (κ1) is 17.9. The number of nitrogens with one attached hydrogen (secondary N) is 1. The number of hydrogen-bond acceptors (Lipinski definition) is 6. The molecule has 1 heterocycles. The average Bonchev–Trinajstić information content (AvgIpc) is 2.44. The van der Waals surface area contributed by atoms with Crippen molar-refractivity contribution in [1.82, 2.24) is 0 Å². The predicted octanol–water partition coefficient (Wildman–Crippen LogP) is 2.06. The van der Waals surface area contributed by atoms with E-state index in [9.17, 15) is 23.1 Å². The highest BCUT2D eigenvalue weighted by atomic mass is 32.2. The van der Waals surface area contributed by atoms with Gasteiger partial charge in [0.25, 0.3) is 5.69 Å². The zero-order valence-electron chi connectivity index (χ0n) is 12.8. The standard InChI is InChI=1S/C13H20N3O5PS/c1-22(19)7-5-10(6-8-22)9-15-13-11(16(17)18)3-2-4-12(13)23(14,20)21/h2-4,10,15H,5-9H2,1H3,(H2,14,20,21). The first-order valence-electron chi connectivity index (χ1n) is 7.20. The Morgan fingerprint density at radius 2 is 2.00 bits per heavy atom. The molecule has 0 spiro atoms. The largest absolute Gasteiger partial charge is 0.378 e. The van der Waals surface area contributed by atoms with E-state index in [2.05, 4.69) is 5.32 Å². The molecule has 0 amide bonds. The second-order valence-corrected chi connectivity index (χ2v) is 11.0. The molecule has 0 aromatic heterocycles. The van der Waals surface area contributed by atoms with Crippen LogP contribution in [0.4, 0.5) is 11.4 Å². The van der Waals surface area contributed by atoms with Crippen LogP contribution in [0.25, 0.3) is 0 Å². The number of nitro groups is 1. The molecule has 1 aromatic carbocycles. The summed E-state index contributed by atoms with van der Waals surface area (Å²) in [6.45, 7) is 2.17. The lowest BCUT2D eigenvalue weighted by Gasteiger charge is -2.27. The van der Waals surface area contributed by atoms with Crippen LogP contribution < -0.4 is 10.5 Å². The van der Waals surface area contributed by atoms with E-state index >= 15 is 0 Å². The van der Waals surface area contributed by atoms with Gasteiger partial charge in [0.2, 0.25) is 10.0 Å². The number of hydrogen-bond donors (Lipinski definition) is 2. The van der Waals surface area contributed by atoms with Crippen molar-refractivity contribution >= 4 is 28.5 Å². The molecule has 0 saturated carbocycles. The van der Waals surface area contributed by atoms with E-state index in [0.717, 1.165) is 12.8 Å². The summed E-state index contributed by atoms with van der Waals surface area (Å²) >= 11 is 0. The van der Waals surface area contributed by atoms with Gasteiger partial charge in [-0.3, -0.25) is 10.1 Å². The zero-order chi connectivity index (χ0) is 17.3. The van der Waals surface area contributed by atoms with Gasteiger partial charge in [-0.25, -0.2) is 13.6 Å². The van der Waals surface area contributed by atoms with Crippen molar-refractivity contribution in [2.24, 2.45) is 11.1 Å². The Bertz CT molecular complexity index is 753. The Morgan fingerprint density at radius 1 is 1.39 bits per heavy atom. The molecule has 23 heavy (non-hydrogen) atoms. The number of para-hydroxylation sites is 1. The highest BCUT2D eigenvalue weighted by molar-refractivity contribution is 7.89. The SMILES string of the molecule is CP1(=O)CCC(CNc2c([N+](=O)[O-])cccc2S(N)(=O)=O)CC1. The number of rotatable bonds is 5. The predicted molar refractivity (Wildman–Crippen MR) is 88.9 cm³/mol. The minimum Gasteiger partial charge on any atom is -0.378 e. The van der Waals surface area contributed by atoms with E-state index in [1.54, 1.807) is 6.66 Å². The Labute approximate surface area is 135 Å². The highest BCUT2D eigenvalue weighted by Crippen LogP contribution is 2.48. The minimum absolute atomic E-state index is 0.0785. The van der Waals surface area contributed by atoms with Gasteiger partial charge < -0.3 is 9.88 Å². The summed E-state index contributed by atoms with van der Waals surface area (Å²) in [5, 5.41) is 19.2. The van der Waals surface area contributed by atoms with E-state index in [1.165, 1.54) is 18.2 Å². The summed E-state index contributed by atoms with van der Waals surface area (Å²) in [4.78, 5) is 10.2. The Kier molecular flexibility index (Phi) is 5.13. The monoisotopic (exact) mass is 361 g/mol. The van der Waals surface area contributed by atoms with Crippen LogP contribution in [-0.2, 0) is 14.6 Å². The molecule has 2 rings (SSSR count). The van der Waals surface area contributed by atoms with Crippen molar-refractivity contribution < 1.29 is 17.9 Å². The van der Waals surface area contributed by atoms with Crippen molar-refractivity contribution in [2.75, 3.05) is 30.9 Å². The van der Waals surface area contributed by atoms with Gasteiger partial charge in [0.05, 0.1) is 12.1 Å². The van der Waals surface area contributed by atoms with Gasteiger partial charge in [-0.1, -0.05) is 6.07 Å². The van der Waals surface area contributed by atoms with Crippen molar-refractivity contribution in [1.29, 1.82) is 0 Å². The fraction of sp³-hybridized carbons (Fsp3) is 0.538. The van der Waals surface area contributed by atoms with Crippen molar-refractivity contribution in [3.05, 3.63) is 28.3 Å². The van der Waals surface area contributed by atoms with E-state index in [0.29, 0.717) is 18.9 Å². The van der Waals surface area contributed by atoms with Crippen LogP contribution in [0.1, 0.15) is 12.8 Å². The van der Waals surface area contributed by atoms with Crippen LogP contribution in [-0.4, -0.2) is 38.9 Å². The van der Waals surface area contributed by atoms with Crippen molar-refractivity contribution in [3.8, 4) is 0 Å². The maximum atomic E-state index is 12.0. The van der Waals surface area contributed by atoms with Crippen molar-refractivity contribution in [3.63, 3.8) is 0 Å². The number of benzene rings is 1. The molecule has 0 radical (unpaired) electrons. The summed E-state index contributed by atoms with van der Waals surface area (Å²) in [6, 6.07) is 3.76. The first-order chi connectivity index (χ1) is 10.6. The van der Waals surface area contributed by atoms with Crippen LogP contribution in [0.3, 0.4) is 0 Å². The Balaban J connectivity index is 2.22. The summed E-state index contributed by atoms with van der Waals surface area (Å²) in [5.41, 5.74) is -0.404. The molecule has 1 aliphatic rings. The summed E-state index contributed by atoms with van der Waals surface area (Å²) in [5.74, 6) is 0.199. The lowest BCUT2D eigenvalue weighted by molar-refractivity contribution is -0.384. The van der Waals surface area contributed by atoms with Gasteiger partial charge in [-0.05, 0) is 31.5 Å². The maximum Gasteiger partial charge on any atom is 0.293 e. The third kappa shape index (κ3) is 4.53. The summed E-state index contributed by atoms with van der Waals surface area (Å²) < 4.78 is 35.3. The van der Waals surface area contributed by atoms with Crippen LogP contribution >= 0.6 is 7.14 Å². The molecule has 0 bridgehead atoms. The molecular formula is C13H20N3O5PS. The fourth-order valence-corrected chi connectivity index (χ4v) is 5.48. The minimum atomic E-state index is -4.07.